The molecule has 23 heavy (non-hydrogen) atoms. The molecule has 2 rings (SSSR count). The predicted molar refractivity (Wildman–Crippen MR) is 95.9 cm³/mol. The number of hydrogen-bond acceptors (Lipinski definition) is 4. The fourth-order valence-electron chi connectivity index (χ4n) is 2.06. The lowest BCUT2D eigenvalue weighted by Crippen LogP contribution is -2.39. The van der Waals surface area contributed by atoms with Gasteiger partial charge in [-0.1, -0.05) is 0 Å². The Bertz CT molecular complexity index is 642. The van der Waals surface area contributed by atoms with Crippen LogP contribution in [0.4, 0.5) is 0 Å². The molecule has 8 heteroatoms. The van der Waals surface area contributed by atoms with Crippen LogP contribution in [0.15, 0.2) is 24.4 Å². The first kappa shape index (κ1) is 21.4. The van der Waals surface area contributed by atoms with Gasteiger partial charge in [-0.15, -0.1) is 24.8 Å². The minimum absolute atomic E-state index is 0. The van der Waals surface area contributed by atoms with Crippen molar-refractivity contribution in [3.05, 3.63) is 41.3 Å². The minimum Gasteiger partial charge on any atom is -0.338 e. The summed E-state index contributed by atoms with van der Waals surface area (Å²) in [5.74, 6) is 0.618. The molecule has 0 aliphatic rings. The Morgan fingerprint density at radius 2 is 2.00 bits per heavy atom. The number of aryl methyl sites for hydroxylation is 2. The number of likely N-dealkylation sites (N-methyl/N-ethyl adjacent to an activating group) is 1. The molecule has 6 nitrogen and oxygen atoms in total. The Morgan fingerprint density at radius 3 is 2.43 bits per heavy atom. The number of aromatic nitrogens is 3. The van der Waals surface area contributed by atoms with Gasteiger partial charge in [0.1, 0.15) is 0 Å². The second kappa shape index (κ2) is 8.86. The molecule has 0 saturated heterocycles. The van der Waals surface area contributed by atoms with E-state index in [0.717, 1.165) is 11.4 Å². The third-order valence-corrected chi connectivity index (χ3v) is 3.54. The second-order valence-corrected chi connectivity index (χ2v) is 5.24. The van der Waals surface area contributed by atoms with Crippen LogP contribution in [0.2, 0.25) is 0 Å². The van der Waals surface area contributed by atoms with E-state index in [1.165, 1.54) is 0 Å². The molecule has 0 bridgehead atoms. The summed E-state index contributed by atoms with van der Waals surface area (Å²) in [6.07, 6.45) is 1.58. The Morgan fingerprint density at radius 1 is 1.35 bits per heavy atom. The summed E-state index contributed by atoms with van der Waals surface area (Å²) < 4.78 is 1.76. The average Bonchev–Trinajstić information content (AvgIpc) is 2.83. The molecule has 128 valence electrons. The molecule has 2 aromatic heterocycles. The predicted octanol–water partition coefficient (Wildman–Crippen LogP) is 2.15. The highest BCUT2D eigenvalue weighted by Gasteiger charge is 2.17. The molecule has 0 aliphatic carbocycles. The quantitative estimate of drug-likeness (QED) is 0.906. The molecule has 0 aromatic carbocycles. The first-order chi connectivity index (χ1) is 9.93. The first-order valence-corrected chi connectivity index (χ1v) is 6.91. The Balaban J connectivity index is 0.00000242. The van der Waals surface area contributed by atoms with Crippen LogP contribution in [-0.2, 0) is 0 Å². The largest absolute Gasteiger partial charge is 0.338 e. The van der Waals surface area contributed by atoms with E-state index in [-0.39, 0.29) is 36.8 Å². The van der Waals surface area contributed by atoms with Gasteiger partial charge in [0.25, 0.3) is 5.91 Å². The van der Waals surface area contributed by atoms with Crippen LogP contribution in [0, 0.1) is 13.8 Å². The summed E-state index contributed by atoms with van der Waals surface area (Å²) in [5, 5.41) is 4.37. The molecule has 0 saturated carbocycles. The summed E-state index contributed by atoms with van der Waals surface area (Å²) in [7, 11) is 1.74. The number of nitrogens with zero attached hydrogens (tertiary/aromatic N) is 4. The highest BCUT2D eigenvalue weighted by molar-refractivity contribution is 5.94. The minimum atomic E-state index is -0.0830. The van der Waals surface area contributed by atoms with E-state index in [0.29, 0.717) is 17.9 Å². The topological polar surface area (TPSA) is 77.0 Å². The zero-order valence-corrected chi connectivity index (χ0v) is 15.3. The molecule has 1 unspecified atom stereocenters. The van der Waals surface area contributed by atoms with Gasteiger partial charge in [0.15, 0.2) is 5.82 Å². The van der Waals surface area contributed by atoms with Crippen LogP contribution in [0.5, 0.6) is 0 Å². The molecule has 2 heterocycles. The van der Waals surface area contributed by atoms with Gasteiger partial charge in [-0.2, -0.15) is 5.10 Å². The third kappa shape index (κ3) is 4.67. The summed E-state index contributed by atoms with van der Waals surface area (Å²) in [6.45, 7) is 6.25. The molecule has 1 amide bonds. The van der Waals surface area contributed by atoms with Crippen molar-refractivity contribution in [3.63, 3.8) is 0 Å². The fraction of sp³-hybridized carbons (Fsp3) is 0.400. The van der Waals surface area contributed by atoms with E-state index >= 15 is 0 Å². The summed E-state index contributed by atoms with van der Waals surface area (Å²) in [5.41, 5.74) is 8.07. The highest BCUT2D eigenvalue weighted by Crippen LogP contribution is 2.11. The Kier molecular flexibility index (Phi) is 8.23. The van der Waals surface area contributed by atoms with Crippen molar-refractivity contribution < 1.29 is 4.79 Å². The number of amides is 1. The van der Waals surface area contributed by atoms with E-state index in [1.807, 2.05) is 26.8 Å². The lowest BCUT2D eigenvalue weighted by molar-refractivity contribution is 0.0748. The summed E-state index contributed by atoms with van der Waals surface area (Å²) >= 11 is 0. The molecule has 0 radical (unpaired) electrons. The van der Waals surface area contributed by atoms with E-state index in [1.54, 1.807) is 35.0 Å². The lowest BCUT2D eigenvalue weighted by Gasteiger charge is -2.23. The number of rotatable bonds is 4. The van der Waals surface area contributed by atoms with E-state index in [4.69, 9.17) is 5.73 Å². The average molecular weight is 360 g/mol. The molecule has 2 aromatic rings. The van der Waals surface area contributed by atoms with E-state index in [9.17, 15) is 4.79 Å². The summed E-state index contributed by atoms with van der Waals surface area (Å²) in [4.78, 5) is 18.2. The van der Waals surface area contributed by atoms with Gasteiger partial charge in [0.2, 0.25) is 0 Å². The van der Waals surface area contributed by atoms with Gasteiger partial charge < -0.3 is 10.6 Å². The lowest BCUT2D eigenvalue weighted by atomic mass is 10.2. The van der Waals surface area contributed by atoms with E-state index < -0.39 is 0 Å². The van der Waals surface area contributed by atoms with Gasteiger partial charge in [-0.25, -0.2) is 9.67 Å². The maximum atomic E-state index is 12.3. The van der Waals surface area contributed by atoms with Crippen LogP contribution in [0.1, 0.15) is 28.7 Å². The zero-order chi connectivity index (χ0) is 15.6. The van der Waals surface area contributed by atoms with Crippen LogP contribution in [0.25, 0.3) is 5.82 Å². The van der Waals surface area contributed by atoms with Crippen LogP contribution in [0.3, 0.4) is 0 Å². The molecule has 0 fully saturated rings. The SMILES string of the molecule is Cc1cc(C)n(-c2ccc(C(=O)N(C)C(C)CN)cn2)n1.Cl.Cl. The number of pyridine rings is 1. The van der Waals surface area contributed by atoms with Crippen molar-refractivity contribution in [1.29, 1.82) is 0 Å². The third-order valence-electron chi connectivity index (χ3n) is 3.54. The van der Waals surface area contributed by atoms with Crippen molar-refractivity contribution in [2.24, 2.45) is 5.73 Å². The zero-order valence-electron chi connectivity index (χ0n) is 13.7. The maximum Gasteiger partial charge on any atom is 0.255 e. The van der Waals surface area contributed by atoms with Gasteiger partial charge in [0.05, 0.1) is 11.3 Å². The van der Waals surface area contributed by atoms with Crippen molar-refractivity contribution >= 4 is 30.7 Å². The number of carbonyl (C=O) groups is 1. The van der Waals surface area contributed by atoms with Crippen molar-refractivity contribution in [2.45, 2.75) is 26.8 Å². The molecule has 0 spiro atoms. The number of hydrogen-bond donors (Lipinski definition) is 1. The van der Waals surface area contributed by atoms with Gasteiger partial charge >= 0.3 is 0 Å². The monoisotopic (exact) mass is 359 g/mol. The Hall–Kier alpha value is -1.63. The number of carbonyl (C=O) groups excluding carboxylic acids is 1. The fourth-order valence-corrected chi connectivity index (χ4v) is 2.06. The van der Waals surface area contributed by atoms with Crippen LogP contribution >= 0.6 is 24.8 Å². The van der Waals surface area contributed by atoms with Crippen molar-refractivity contribution in [1.82, 2.24) is 19.7 Å². The van der Waals surface area contributed by atoms with Crippen molar-refractivity contribution in [2.75, 3.05) is 13.6 Å². The standard InChI is InChI=1S/C15H21N5O.2ClH/c1-10-7-11(2)20(18-10)14-6-5-13(9-17-14)15(21)19(4)12(3)8-16;;/h5-7,9,12H,8,16H2,1-4H3;2*1H. The smallest absolute Gasteiger partial charge is 0.255 e. The second-order valence-electron chi connectivity index (χ2n) is 5.24. The van der Waals surface area contributed by atoms with Gasteiger partial charge in [-0.3, -0.25) is 4.79 Å². The normalized spacial score (nSPS) is 11.2. The first-order valence-electron chi connectivity index (χ1n) is 6.91. The number of halogens is 2. The van der Waals surface area contributed by atoms with E-state index in [2.05, 4.69) is 10.1 Å². The number of nitrogens with two attached hydrogens (primary N) is 1. The Labute approximate surface area is 148 Å². The molecule has 1 atom stereocenters. The molecular formula is C15H23Cl2N5O. The molecule has 0 aliphatic heterocycles. The molecule has 2 N–H and O–H groups in total. The molecular weight excluding hydrogens is 337 g/mol. The van der Waals surface area contributed by atoms with Crippen LogP contribution < -0.4 is 5.73 Å². The van der Waals surface area contributed by atoms with Gasteiger partial charge in [-0.05, 0) is 39.0 Å². The van der Waals surface area contributed by atoms with Crippen LogP contribution in [-0.4, -0.2) is 45.2 Å². The maximum absolute atomic E-state index is 12.3. The van der Waals surface area contributed by atoms with Gasteiger partial charge in [0, 0.05) is 31.5 Å². The highest BCUT2D eigenvalue weighted by atomic mass is 35.5. The summed E-state index contributed by atoms with van der Waals surface area (Å²) in [6, 6.07) is 5.54. The van der Waals surface area contributed by atoms with Crippen molar-refractivity contribution in [3.8, 4) is 5.82 Å².